The lowest BCUT2D eigenvalue weighted by molar-refractivity contribution is -0.385. The number of hydrogen-bond donors (Lipinski definition) is 1. The summed E-state index contributed by atoms with van der Waals surface area (Å²) in [6, 6.07) is 7.34. The van der Waals surface area contributed by atoms with Crippen LogP contribution in [0, 0.1) is 16.0 Å². The summed E-state index contributed by atoms with van der Waals surface area (Å²) in [5, 5.41) is 14.5. The van der Waals surface area contributed by atoms with Gasteiger partial charge < -0.3 is 5.32 Å². The molecule has 0 aliphatic carbocycles. The fourth-order valence-corrected chi connectivity index (χ4v) is 2.49. The Morgan fingerprint density at radius 3 is 2.58 bits per heavy atom. The topological polar surface area (TPSA) is 55.2 Å². The molecule has 1 rings (SSSR count). The number of benzene rings is 1. The highest BCUT2D eigenvalue weighted by Crippen LogP contribution is 2.22. The van der Waals surface area contributed by atoms with Gasteiger partial charge in [0, 0.05) is 17.7 Å². The first kappa shape index (κ1) is 15.6. The van der Waals surface area contributed by atoms with Crippen molar-refractivity contribution in [2.45, 2.75) is 46.1 Å². The van der Waals surface area contributed by atoms with E-state index in [4.69, 9.17) is 0 Å². The Morgan fingerprint density at radius 1 is 1.32 bits per heavy atom. The first-order valence-corrected chi connectivity index (χ1v) is 7.05. The minimum Gasteiger partial charge on any atom is -0.314 e. The van der Waals surface area contributed by atoms with Gasteiger partial charge >= 0.3 is 0 Å². The van der Waals surface area contributed by atoms with Crippen molar-refractivity contribution in [2.24, 2.45) is 5.92 Å². The third kappa shape index (κ3) is 4.63. The van der Waals surface area contributed by atoms with Crippen LogP contribution in [0.15, 0.2) is 24.3 Å². The number of nitrogens with zero attached hydrogens (tertiary/aromatic N) is 1. The zero-order chi connectivity index (χ0) is 14.3. The van der Waals surface area contributed by atoms with Crippen LogP contribution >= 0.6 is 0 Å². The molecular formula is C15H24N2O2. The number of rotatable bonds is 8. The molecule has 2 unspecified atom stereocenters. The third-order valence-electron chi connectivity index (χ3n) is 3.53. The molecule has 0 aliphatic heterocycles. The summed E-state index contributed by atoms with van der Waals surface area (Å²) in [6.45, 7) is 7.35. The van der Waals surface area contributed by atoms with E-state index in [0.29, 0.717) is 18.4 Å². The van der Waals surface area contributed by atoms with Crippen LogP contribution in [0.4, 0.5) is 5.69 Å². The second kappa shape index (κ2) is 7.89. The van der Waals surface area contributed by atoms with Gasteiger partial charge in [0.25, 0.3) is 5.69 Å². The minimum atomic E-state index is -0.289. The SMILES string of the molecule is CCCC(C)C(Cc1ccccc1[N+](=O)[O-])NCC. The second-order valence-corrected chi connectivity index (χ2v) is 5.02. The highest BCUT2D eigenvalue weighted by molar-refractivity contribution is 5.40. The molecule has 4 heteroatoms. The minimum absolute atomic E-state index is 0.231. The van der Waals surface area contributed by atoms with E-state index in [2.05, 4.69) is 26.1 Å². The summed E-state index contributed by atoms with van der Waals surface area (Å²) in [7, 11) is 0. The third-order valence-corrected chi connectivity index (χ3v) is 3.53. The Hall–Kier alpha value is -1.42. The highest BCUT2D eigenvalue weighted by atomic mass is 16.6. The van der Waals surface area contributed by atoms with Crippen molar-refractivity contribution in [3.8, 4) is 0 Å². The Balaban J connectivity index is 2.87. The molecular weight excluding hydrogens is 240 g/mol. The number of para-hydroxylation sites is 1. The van der Waals surface area contributed by atoms with Gasteiger partial charge in [0.15, 0.2) is 0 Å². The van der Waals surface area contributed by atoms with Gasteiger partial charge in [-0.15, -0.1) is 0 Å². The summed E-state index contributed by atoms with van der Waals surface area (Å²) in [4.78, 5) is 10.8. The van der Waals surface area contributed by atoms with Crippen molar-refractivity contribution in [1.29, 1.82) is 0 Å². The Kier molecular flexibility index (Phi) is 6.50. The van der Waals surface area contributed by atoms with Gasteiger partial charge in [-0.2, -0.15) is 0 Å². The first-order valence-electron chi connectivity index (χ1n) is 7.05. The largest absolute Gasteiger partial charge is 0.314 e. The summed E-state index contributed by atoms with van der Waals surface area (Å²) < 4.78 is 0. The number of nitro benzene ring substituents is 1. The van der Waals surface area contributed by atoms with Crippen LogP contribution in [-0.2, 0) is 6.42 Å². The summed E-state index contributed by atoms with van der Waals surface area (Å²) >= 11 is 0. The summed E-state index contributed by atoms with van der Waals surface area (Å²) in [5.41, 5.74) is 1.05. The molecule has 19 heavy (non-hydrogen) atoms. The summed E-state index contributed by atoms with van der Waals surface area (Å²) in [6.07, 6.45) is 2.99. The maximum Gasteiger partial charge on any atom is 0.272 e. The molecule has 106 valence electrons. The van der Waals surface area contributed by atoms with Gasteiger partial charge in [0.05, 0.1) is 4.92 Å². The zero-order valence-corrected chi connectivity index (χ0v) is 12.1. The lowest BCUT2D eigenvalue weighted by atomic mass is 9.91. The molecule has 0 radical (unpaired) electrons. The van der Waals surface area contributed by atoms with E-state index >= 15 is 0 Å². The lowest BCUT2D eigenvalue weighted by Crippen LogP contribution is -2.36. The van der Waals surface area contributed by atoms with Crippen molar-refractivity contribution >= 4 is 5.69 Å². The van der Waals surface area contributed by atoms with Gasteiger partial charge in [-0.05, 0) is 25.3 Å². The van der Waals surface area contributed by atoms with E-state index in [0.717, 1.165) is 24.9 Å². The molecule has 0 amide bonds. The molecule has 0 spiro atoms. The monoisotopic (exact) mass is 264 g/mol. The molecule has 0 aliphatic rings. The standard InChI is InChI=1S/C15H24N2O2/c1-4-8-12(3)14(16-5-2)11-13-9-6-7-10-15(13)17(18)19/h6-7,9-10,12,14,16H,4-5,8,11H2,1-3H3. The number of nitrogens with one attached hydrogen (secondary N) is 1. The van der Waals surface area contributed by atoms with Gasteiger partial charge in [-0.3, -0.25) is 10.1 Å². The van der Waals surface area contributed by atoms with Gasteiger partial charge in [0.1, 0.15) is 0 Å². The van der Waals surface area contributed by atoms with Crippen molar-refractivity contribution in [1.82, 2.24) is 5.32 Å². The Labute approximate surface area is 115 Å². The van der Waals surface area contributed by atoms with E-state index in [9.17, 15) is 10.1 Å². The molecule has 0 bridgehead atoms. The fourth-order valence-electron chi connectivity index (χ4n) is 2.49. The molecule has 0 fully saturated rings. The van der Waals surface area contributed by atoms with E-state index in [1.807, 2.05) is 12.1 Å². The average molecular weight is 264 g/mol. The van der Waals surface area contributed by atoms with Crippen LogP contribution in [0.2, 0.25) is 0 Å². The van der Waals surface area contributed by atoms with E-state index in [1.54, 1.807) is 12.1 Å². The van der Waals surface area contributed by atoms with E-state index in [-0.39, 0.29) is 10.6 Å². The predicted octanol–water partition coefficient (Wildman–Crippen LogP) is 3.55. The molecule has 0 saturated carbocycles. The normalized spacial score (nSPS) is 14.1. The first-order chi connectivity index (χ1) is 9.10. The molecule has 2 atom stereocenters. The fraction of sp³-hybridized carbons (Fsp3) is 0.600. The number of nitro groups is 1. The molecule has 4 nitrogen and oxygen atoms in total. The number of likely N-dealkylation sites (N-methyl/N-ethyl adjacent to an activating group) is 1. The van der Waals surface area contributed by atoms with E-state index < -0.39 is 0 Å². The molecule has 1 N–H and O–H groups in total. The van der Waals surface area contributed by atoms with Gasteiger partial charge in [0.2, 0.25) is 0 Å². The highest BCUT2D eigenvalue weighted by Gasteiger charge is 2.20. The zero-order valence-electron chi connectivity index (χ0n) is 12.1. The Morgan fingerprint density at radius 2 is 2.00 bits per heavy atom. The number of hydrogen-bond acceptors (Lipinski definition) is 3. The quantitative estimate of drug-likeness (QED) is 0.577. The maximum absolute atomic E-state index is 11.0. The van der Waals surface area contributed by atoms with Crippen LogP contribution < -0.4 is 5.32 Å². The van der Waals surface area contributed by atoms with Crippen molar-refractivity contribution < 1.29 is 4.92 Å². The molecule has 0 saturated heterocycles. The smallest absolute Gasteiger partial charge is 0.272 e. The molecule has 1 aromatic rings. The Bertz CT molecular complexity index is 407. The second-order valence-electron chi connectivity index (χ2n) is 5.02. The maximum atomic E-state index is 11.0. The molecule has 1 aromatic carbocycles. The molecule has 0 heterocycles. The van der Waals surface area contributed by atoms with Crippen molar-refractivity contribution in [3.05, 3.63) is 39.9 Å². The lowest BCUT2D eigenvalue weighted by Gasteiger charge is -2.24. The van der Waals surface area contributed by atoms with Crippen LogP contribution in [0.5, 0.6) is 0 Å². The van der Waals surface area contributed by atoms with Crippen LogP contribution in [0.3, 0.4) is 0 Å². The van der Waals surface area contributed by atoms with Gasteiger partial charge in [-0.1, -0.05) is 45.4 Å². The van der Waals surface area contributed by atoms with Crippen molar-refractivity contribution in [2.75, 3.05) is 6.54 Å². The van der Waals surface area contributed by atoms with Crippen LogP contribution in [0.25, 0.3) is 0 Å². The van der Waals surface area contributed by atoms with Crippen molar-refractivity contribution in [3.63, 3.8) is 0 Å². The van der Waals surface area contributed by atoms with Crippen LogP contribution in [-0.4, -0.2) is 17.5 Å². The predicted molar refractivity (Wildman–Crippen MR) is 78.3 cm³/mol. The van der Waals surface area contributed by atoms with Crippen LogP contribution in [0.1, 0.15) is 39.2 Å². The summed E-state index contributed by atoms with van der Waals surface area (Å²) in [5.74, 6) is 0.518. The van der Waals surface area contributed by atoms with E-state index in [1.165, 1.54) is 0 Å². The average Bonchev–Trinajstić information content (AvgIpc) is 2.39. The van der Waals surface area contributed by atoms with Gasteiger partial charge in [-0.25, -0.2) is 0 Å². The molecule has 0 aromatic heterocycles.